The van der Waals surface area contributed by atoms with Crippen molar-refractivity contribution in [2.45, 2.75) is 65.0 Å². The Morgan fingerprint density at radius 3 is 1.96 bits per heavy atom. The number of thiazole rings is 2. The molecule has 0 radical (unpaired) electrons. The van der Waals surface area contributed by atoms with E-state index in [2.05, 4.69) is 135 Å². The van der Waals surface area contributed by atoms with Gasteiger partial charge in [0.25, 0.3) is 0 Å². The molecular formula is C44H46N8S4. The number of likely N-dealkylation sites (tertiary alicyclic amines) is 1. The van der Waals surface area contributed by atoms with Crippen LogP contribution in [0.25, 0.3) is 46.4 Å². The zero-order chi connectivity index (χ0) is 38.2. The lowest BCUT2D eigenvalue weighted by Gasteiger charge is -2.38. The van der Waals surface area contributed by atoms with Crippen LogP contribution in [0.2, 0.25) is 0 Å². The Morgan fingerprint density at radius 1 is 0.696 bits per heavy atom. The average molecular weight is 815 g/mol. The van der Waals surface area contributed by atoms with Crippen molar-refractivity contribution >= 4 is 115 Å². The number of fused-ring (bicyclic) bond motifs is 4. The normalized spacial score (nSPS) is 19.4. The highest BCUT2D eigenvalue weighted by Gasteiger charge is 2.30. The number of nitrogens with zero attached hydrogens (tertiary/aromatic N) is 6. The molecular weight excluding hydrogens is 769 g/mol. The Hall–Kier alpha value is -4.30. The van der Waals surface area contributed by atoms with E-state index in [1.807, 2.05) is 34.8 Å². The molecule has 2 N–H and O–H groups in total. The number of hydrogen-bond donors (Lipinski definition) is 2. The summed E-state index contributed by atoms with van der Waals surface area (Å²) in [5.74, 6) is 0.604. The largest absolute Gasteiger partial charge is 0.355 e. The molecule has 8 nitrogen and oxygen atoms in total. The number of benzene rings is 2. The van der Waals surface area contributed by atoms with E-state index in [1.165, 1.54) is 54.9 Å². The van der Waals surface area contributed by atoms with E-state index in [-0.39, 0.29) is 0 Å². The number of piperidine rings is 1. The second-order valence-corrected chi connectivity index (χ2v) is 18.5. The lowest BCUT2D eigenvalue weighted by atomic mass is 9.89. The molecule has 56 heavy (non-hydrogen) atoms. The van der Waals surface area contributed by atoms with Crippen molar-refractivity contribution in [3.63, 3.8) is 0 Å². The minimum absolute atomic E-state index is 0.454. The molecule has 0 bridgehead atoms. The maximum atomic E-state index is 4.66. The monoisotopic (exact) mass is 814 g/mol. The average Bonchev–Trinajstić information content (AvgIpc) is 4.05. The van der Waals surface area contributed by atoms with Gasteiger partial charge in [-0.1, -0.05) is 19.9 Å². The van der Waals surface area contributed by atoms with Crippen molar-refractivity contribution in [3.8, 4) is 0 Å². The molecule has 2 aliphatic heterocycles. The Morgan fingerprint density at radius 2 is 1.32 bits per heavy atom. The fraction of sp³-hybridized carbons (Fsp3) is 0.318. The molecule has 3 unspecified atom stereocenters. The second kappa shape index (κ2) is 16.3. The van der Waals surface area contributed by atoms with Crippen LogP contribution in [0, 0.1) is 0 Å². The number of hydrogen-bond acceptors (Lipinski definition) is 12. The van der Waals surface area contributed by atoms with Gasteiger partial charge < -0.3 is 15.5 Å². The first-order chi connectivity index (χ1) is 27.4. The minimum Gasteiger partial charge on any atom is -0.355 e. The van der Waals surface area contributed by atoms with Crippen molar-refractivity contribution in [2.24, 2.45) is 0 Å². The van der Waals surface area contributed by atoms with Crippen LogP contribution in [0.3, 0.4) is 0 Å². The lowest BCUT2D eigenvalue weighted by molar-refractivity contribution is 0.148. The highest BCUT2D eigenvalue weighted by Crippen LogP contribution is 2.41. The van der Waals surface area contributed by atoms with E-state index in [9.17, 15) is 0 Å². The van der Waals surface area contributed by atoms with Gasteiger partial charge in [-0.25, -0.2) is 19.9 Å². The molecule has 1 fully saturated rings. The highest BCUT2D eigenvalue weighted by atomic mass is 32.1. The molecule has 2 aliphatic rings. The number of pyridine rings is 2. The molecule has 10 rings (SSSR count). The first-order valence-electron chi connectivity index (χ1n) is 19.6. The molecule has 1 saturated heterocycles. The summed E-state index contributed by atoms with van der Waals surface area (Å²) in [6.07, 6.45) is 9.88. The van der Waals surface area contributed by atoms with Crippen molar-refractivity contribution in [3.05, 3.63) is 99.9 Å². The fourth-order valence-electron chi connectivity index (χ4n) is 8.35. The summed E-state index contributed by atoms with van der Waals surface area (Å²) in [5.41, 5.74) is 11.7. The summed E-state index contributed by atoms with van der Waals surface area (Å²) < 4.78 is 2.43. The van der Waals surface area contributed by atoms with E-state index in [0.717, 1.165) is 69.5 Å². The minimum atomic E-state index is 0.454. The van der Waals surface area contributed by atoms with Crippen LogP contribution in [0.1, 0.15) is 62.6 Å². The predicted octanol–water partition coefficient (Wildman–Crippen LogP) is 12.4. The Bertz CT molecular complexity index is 2650. The summed E-state index contributed by atoms with van der Waals surface area (Å²) in [4.78, 5) is 28.3. The van der Waals surface area contributed by atoms with E-state index in [4.69, 9.17) is 0 Å². The molecule has 12 heteroatoms. The van der Waals surface area contributed by atoms with E-state index >= 15 is 0 Å². The van der Waals surface area contributed by atoms with E-state index < -0.39 is 0 Å². The number of anilines is 4. The number of aromatic nitrogens is 4. The molecule has 3 atom stereocenters. The Balaban J connectivity index is 0.000000146. The molecule has 0 amide bonds. The summed E-state index contributed by atoms with van der Waals surface area (Å²) in [7, 11) is 0. The first kappa shape index (κ1) is 37.3. The highest BCUT2D eigenvalue weighted by molar-refractivity contribution is 7.20. The zero-order valence-corrected chi connectivity index (χ0v) is 35.4. The van der Waals surface area contributed by atoms with Gasteiger partial charge >= 0.3 is 0 Å². The Kier molecular flexibility index (Phi) is 10.8. The zero-order valence-electron chi connectivity index (χ0n) is 32.2. The number of thiophene rings is 2. The predicted molar refractivity (Wildman–Crippen MR) is 243 cm³/mol. The van der Waals surface area contributed by atoms with E-state index in [0.29, 0.717) is 18.0 Å². The molecule has 0 saturated carbocycles. The van der Waals surface area contributed by atoms with Crippen LogP contribution in [0.4, 0.5) is 22.7 Å². The summed E-state index contributed by atoms with van der Waals surface area (Å²) in [6, 6.07) is 22.6. The summed E-state index contributed by atoms with van der Waals surface area (Å²) in [5, 5.41) is 9.58. The standard InChI is InChI=1S/C22H24N4S2.C22H22N4S2/c2*1-3-26-10-4-5-16(14(26)2)21-12-17-18(8-9-23-22(17)28-21)25-15-6-7-20-19(11-15)24-13-27-20/h6-9,11-14,16H,3-5,10H2,1-2H3,(H,23,25);5-9,11-14H,3-4,10H2,1-2H3,(H,23,25). The fourth-order valence-corrected chi connectivity index (χ4v) is 12.1. The van der Waals surface area contributed by atoms with Gasteiger partial charge in [0.15, 0.2) is 0 Å². The van der Waals surface area contributed by atoms with Crippen molar-refractivity contribution in [2.75, 3.05) is 36.8 Å². The van der Waals surface area contributed by atoms with Crippen LogP contribution in [-0.4, -0.2) is 68.0 Å². The van der Waals surface area contributed by atoms with Gasteiger partial charge in [-0.2, -0.15) is 0 Å². The quantitative estimate of drug-likeness (QED) is 0.157. The summed E-state index contributed by atoms with van der Waals surface area (Å²) >= 11 is 7.00. The van der Waals surface area contributed by atoms with Crippen LogP contribution < -0.4 is 10.6 Å². The van der Waals surface area contributed by atoms with Gasteiger partial charge in [0.05, 0.1) is 42.8 Å². The number of likely N-dealkylation sites (N-methyl/N-ethyl adjacent to an activating group) is 2. The first-order valence-corrected chi connectivity index (χ1v) is 23.0. The van der Waals surface area contributed by atoms with Crippen LogP contribution in [0.15, 0.2) is 90.2 Å². The van der Waals surface area contributed by atoms with Gasteiger partial charge in [0.1, 0.15) is 9.66 Å². The number of rotatable bonds is 8. The van der Waals surface area contributed by atoms with Gasteiger partial charge in [0, 0.05) is 68.8 Å². The van der Waals surface area contributed by atoms with E-state index in [1.54, 1.807) is 34.0 Å². The third-order valence-corrected chi connectivity index (χ3v) is 15.4. The molecule has 2 aromatic carbocycles. The van der Waals surface area contributed by atoms with Crippen LogP contribution >= 0.6 is 45.3 Å². The molecule has 8 aromatic rings. The summed E-state index contributed by atoms with van der Waals surface area (Å²) in [6.45, 7) is 13.8. The van der Waals surface area contributed by atoms with Crippen LogP contribution in [-0.2, 0) is 0 Å². The van der Waals surface area contributed by atoms with Gasteiger partial charge in [-0.15, -0.1) is 45.3 Å². The third-order valence-electron chi connectivity index (χ3n) is 11.5. The molecule has 6 aromatic heterocycles. The SMILES string of the molecule is CCN1CCC=C(c2cc3c(Nc4ccc5scnc5c4)ccnc3s2)C1C.CCN1CCCC(c2cc3c(Nc4ccc5scnc5c4)ccnc3s2)C1C. The van der Waals surface area contributed by atoms with Crippen molar-refractivity contribution in [1.82, 2.24) is 29.7 Å². The van der Waals surface area contributed by atoms with Crippen molar-refractivity contribution < 1.29 is 0 Å². The second-order valence-electron chi connectivity index (χ2n) is 14.6. The molecule has 0 aliphatic carbocycles. The molecule has 8 heterocycles. The van der Waals surface area contributed by atoms with Gasteiger partial charge in [-0.05, 0) is 119 Å². The Labute approximate surface area is 344 Å². The smallest absolute Gasteiger partial charge is 0.125 e. The van der Waals surface area contributed by atoms with Gasteiger partial charge in [-0.3, -0.25) is 4.90 Å². The molecule has 0 spiro atoms. The lowest BCUT2D eigenvalue weighted by Crippen LogP contribution is -2.41. The third kappa shape index (κ3) is 7.46. The topological polar surface area (TPSA) is 82.1 Å². The van der Waals surface area contributed by atoms with Crippen LogP contribution in [0.5, 0.6) is 0 Å². The van der Waals surface area contributed by atoms with Gasteiger partial charge in [0.2, 0.25) is 0 Å². The molecule has 286 valence electrons. The maximum absolute atomic E-state index is 4.66. The maximum Gasteiger partial charge on any atom is 0.125 e. The number of nitrogens with one attached hydrogen (secondary N) is 2. The van der Waals surface area contributed by atoms with Crippen molar-refractivity contribution in [1.29, 1.82) is 0 Å².